The Hall–Kier alpha value is -2.18. The number of allylic oxidation sites excluding steroid dienone is 1. The first-order chi connectivity index (χ1) is 9.28. The van der Waals surface area contributed by atoms with Crippen LogP contribution in [0.15, 0.2) is 70.1 Å². The fourth-order valence-electron chi connectivity index (χ4n) is 1.49. The van der Waals surface area contributed by atoms with Gasteiger partial charge in [0.25, 0.3) is 0 Å². The monoisotopic (exact) mass is 310 g/mol. The molecule has 0 amide bonds. The van der Waals surface area contributed by atoms with Gasteiger partial charge in [-0.15, -0.1) is 0 Å². The minimum atomic E-state index is 0.381. The molecule has 2 nitrogen and oxygen atoms in total. The van der Waals surface area contributed by atoms with E-state index in [9.17, 15) is 0 Å². The Kier molecular flexibility index (Phi) is 4.66. The molecule has 0 N–H and O–H groups in total. The predicted octanol–water partition coefficient (Wildman–Crippen LogP) is 4.76. The summed E-state index contributed by atoms with van der Waals surface area (Å²) in [5, 5.41) is 9.08. The van der Waals surface area contributed by atoms with Crippen LogP contribution < -0.4 is 0 Å². The van der Waals surface area contributed by atoms with Gasteiger partial charge < -0.3 is 0 Å². The first kappa shape index (κ1) is 13.3. The van der Waals surface area contributed by atoms with Crippen molar-refractivity contribution in [3.05, 3.63) is 70.7 Å². The molecule has 0 saturated heterocycles. The van der Waals surface area contributed by atoms with Crippen LogP contribution in [0.5, 0.6) is 0 Å². The van der Waals surface area contributed by atoms with Gasteiger partial charge in [0.2, 0.25) is 0 Å². The molecule has 0 aliphatic carbocycles. The number of halogens is 1. The highest BCUT2D eigenvalue weighted by molar-refractivity contribution is 9.10. The van der Waals surface area contributed by atoms with Gasteiger partial charge in [-0.2, -0.15) is 5.26 Å². The van der Waals surface area contributed by atoms with Gasteiger partial charge in [0.1, 0.15) is 11.8 Å². The summed E-state index contributed by atoms with van der Waals surface area (Å²) in [6.45, 7) is 0. The first-order valence-corrected chi connectivity index (χ1v) is 6.55. The summed E-state index contributed by atoms with van der Waals surface area (Å²) in [6.07, 6.45) is 3.60. The smallest absolute Gasteiger partial charge is 0.141 e. The molecule has 0 aliphatic heterocycles. The van der Waals surface area contributed by atoms with Crippen molar-refractivity contribution in [3.8, 4) is 6.07 Å². The zero-order chi connectivity index (χ0) is 13.5. The van der Waals surface area contributed by atoms with Crippen molar-refractivity contribution in [2.45, 2.75) is 0 Å². The number of nitriles is 1. The molecule has 0 atom stereocenters. The molecule has 0 unspecified atom stereocenters. The molecule has 2 aromatic carbocycles. The molecule has 0 saturated carbocycles. The Morgan fingerprint density at radius 2 is 1.74 bits per heavy atom. The summed E-state index contributed by atoms with van der Waals surface area (Å²) in [4.78, 5) is 4.28. The molecule has 0 radical (unpaired) electrons. The predicted molar refractivity (Wildman–Crippen MR) is 82.3 cm³/mol. The topological polar surface area (TPSA) is 36.1 Å². The van der Waals surface area contributed by atoms with Crippen LogP contribution in [0.1, 0.15) is 5.56 Å². The van der Waals surface area contributed by atoms with E-state index in [1.807, 2.05) is 60.7 Å². The molecular formula is C16H11BrN2. The van der Waals surface area contributed by atoms with Crippen molar-refractivity contribution >= 4 is 33.4 Å². The maximum absolute atomic E-state index is 9.08. The van der Waals surface area contributed by atoms with E-state index in [2.05, 4.69) is 27.0 Å². The van der Waals surface area contributed by atoms with Crippen molar-refractivity contribution in [2.75, 3.05) is 0 Å². The van der Waals surface area contributed by atoms with Crippen molar-refractivity contribution < 1.29 is 0 Å². The van der Waals surface area contributed by atoms with E-state index in [4.69, 9.17) is 5.26 Å². The van der Waals surface area contributed by atoms with E-state index < -0.39 is 0 Å². The molecule has 0 fully saturated rings. The normalized spacial score (nSPS) is 11.5. The lowest BCUT2D eigenvalue weighted by Crippen LogP contribution is -1.86. The molecule has 3 heteroatoms. The number of benzene rings is 2. The van der Waals surface area contributed by atoms with Crippen LogP contribution in [-0.2, 0) is 0 Å². The Labute approximate surface area is 120 Å². The number of hydrogen-bond acceptors (Lipinski definition) is 2. The van der Waals surface area contributed by atoms with Crippen molar-refractivity contribution in [1.29, 1.82) is 5.26 Å². The Morgan fingerprint density at radius 1 is 1.05 bits per heavy atom. The van der Waals surface area contributed by atoms with E-state index in [1.54, 1.807) is 6.08 Å². The summed E-state index contributed by atoms with van der Waals surface area (Å²) in [5.74, 6) is 0. The van der Waals surface area contributed by atoms with Crippen LogP contribution in [0.4, 0.5) is 5.69 Å². The molecule has 19 heavy (non-hydrogen) atoms. The second kappa shape index (κ2) is 6.67. The molecule has 0 heterocycles. The molecule has 92 valence electrons. The van der Waals surface area contributed by atoms with E-state index in [0.717, 1.165) is 15.7 Å². The largest absolute Gasteiger partial charge is 0.238 e. The maximum Gasteiger partial charge on any atom is 0.141 e. The second-order valence-corrected chi connectivity index (χ2v) is 4.74. The van der Waals surface area contributed by atoms with Gasteiger partial charge in [-0.3, -0.25) is 0 Å². The number of hydrogen-bond donors (Lipinski definition) is 0. The molecule has 2 rings (SSSR count). The van der Waals surface area contributed by atoms with Gasteiger partial charge in [0.05, 0.1) is 5.69 Å². The molecular weight excluding hydrogens is 300 g/mol. The average Bonchev–Trinajstić information content (AvgIpc) is 2.46. The van der Waals surface area contributed by atoms with Gasteiger partial charge in [-0.05, 0) is 35.9 Å². The molecule has 2 aromatic rings. The van der Waals surface area contributed by atoms with E-state index >= 15 is 0 Å². The highest BCUT2D eigenvalue weighted by Crippen LogP contribution is 2.17. The summed E-state index contributed by atoms with van der Waals surface area (Å²) >= 11 is 3.36. The van der Waals surface area contributed by atoms with Crippen LogP contribution in [-0.4, -0.2) is 5.71 Å². The Morgan fingerprint density at radius 3 is 2.37 bits per heavy atom. The standard InChI is InChI=1S/C16H11BrN2/c17-14-7-10-15(11-8-14)19-16(12-18)9-6-13-4-2-1-3-5-13/h1-11H/b9-6+,19-16?. The molecule has 0 bridgehead atoms. The third-order valence-electron chi connectivity index (χ3n) is 2.42. The Bertz CT molecular complexity index is 635. The van der Waals surface area contributed by atoms with Crippen LogP contribution in [0.3, 0.4) is 0 Å². The van der Waals surface area contributed by atoms with E-state index in [0.29, 0.717) is 5.71 Å². The zero-order valence-electron chi connectivity index (χ0n) is 10.1. The SMILES string of the molecule is N#CC(/C=C/c1ccccc1)=Nc1ccc(Br)cc1. The summed E-state index contributed by atoms with van der Waals surface area (Å²) in [7, 11) is 0. The van der Waals surface area contributed by atoms with Gasteiger partial charge in [0.15, 0.2) is 0 Å². The van der Waals surface area contributed by atoms with Gasteiger partial charge in [-0.25, -0.2) is 4.99 Å². The van der Waals surface area contributed by atoms with Crippen molar-refractivity contribution in [1.82, 2.24) is 0 Å². The molecule has 0 spiro atoms. The van der Waals surface area contributed by atoms with Gasteiger partial charge in [0, 0.05) is 4.47 Å². The number of aliphatic imine (C=N–C) groups is 1. The van der Waals surface area contributed by atoms with Gasteiger partial charge >= 0.3 is 0 Å². The minimum Gasteiger partial charge on any atom is -0.238 e. The highest BCUT2D eigenvalue weighted by atomic mass is 79.9. The van der Waals surface area contributed by atoms with Crippen LogP contribution in [0.25, 0.3) is 6.08 Å². The lowest BCUT2D eigenvalue weighted by molar-refractivity contribution is 1.49. The summed E-state index contributed by atoms with van der Waals surface area (Å²) in [6, 6.07) is 19.4. The third kappa shape index (κ3) is 4.20. The highest BCUT2D eigenvalue weighted by Gasteiger charge is 1.94. The quantitative estimate of drug-likeness (QED) is 0.753. The van der Waals surface area contributed by atoms with Crippen LogP contribution in [0, 0.1) is 11.3 Å². The number of nitrogens with zero attached hydrogens (tertiary/aromatic N) is 2. The molecule has 0 aliphatic rings. The van der Waals surface area contributed by atoms with Crippen molar-refractivity contribution in [2.24, 2.45) is 4.99 Å². The van der Waals surface area contributed by atoms with Crippen LogP contribution >= 0.6 is 15.9 Å². The third-order valence-corrected chi connectivity index (χ3v) is 2.95. The van der Waals surface area contributed by atoms with Crippen molar-refractivity contribution in [3.63, 3.8) is 0 Å². The molecule has 0 aromatic heterocycles. The zero-order valence-corrected chi connectivity index (χ0v) is 11.7. The minimum absolute atomic E-state index is 0.381. The van der Waals surface area contributed by atoms with E-state index in [1.165, 1.54) is 0 Å². The van der Waals surface area contributed by atoms with E-state index in [-0.39, 0.29) is 0 Å². The Balaban J connectivity index is 2.19. The summed E-state index contributed by atoms with van der Waals surface area (Å²) in [5.41, 5.74) is 2.19. The lowest BCUT2D eigenvalue weighted by atomic mass is 10.2. The number of rotatable bonds is 3. The van der Waals surface area contributed by atoms with Gasteiger partial charge in [-0.1, -0.05) is 52.3 Å². The second-order valence-electron chi connectivity index (χ2n) is 3.83. The van der Waals surface area contributed by atoms with Crippen LogP contribution in [0.2, 0.25) is 0 Å². The first-order valence-electron chi connectivity index (χ1n) is 5.75. The maximum atomic E-state index is 9.08. The average molecular weight is 311 g/mol. The summed E-state index contributed by atoms with van der Waals surface area (Å²) < 4.78 is 0.991. The fraction of sp³-hybridized carbons (Fsp3) is 0. The fourth-order valence-corrected chi connectivity index (χ4v) is 1.76. The lowest BCUT2D eigenvalue weighted by Gasteiger charge is -1.95.